The molecule has 0 aliphatic carbocycles. The highest BCUT2D eigenvalue weighted by atomic mass is 79.9. The van der Waals surface area contributed by atoms with E-state index in [2.05, 4.69) is 37.9 Å². The van der Waals surface area contributed by atoms with Gasteiger partial charge in [0.15, 0.2) is 0 Å². The maximum Gasteiger partial charge on any atom is 0.125 e. The Morgan fingerprint density at radius 3 is 2.67 bits per heavy atom. The molecule has 2 aromatic carbocycles. The quantitative estimate of drug-likeness (QED) is 0.733. The third-order valence-electron chi connectivity index (χ3n) is 3.51. The predicted molar refractivity (Wildman–Crippen MR) is 91.2 cm³/mol. The van der Waals surface area contributed by atoms with E-state index in [1.54, 1.807) is 12.1 Å². The van der Waals surface area contributed by atoms with E-state index in [0.29, 0.717) is 18.1 Å². The van der Waals surface area contributed by atoms with Crippen molar-refractivity contribution in [2.45, 2.75) is 18.9 Å². The lowest BCUT2D eigenvalue weighted by Gasteiger charge is -2.15. The molecule has 0 saturated heterocycles. The third kappa shape index (κ3) is 3.45. The van der Waals surface area contributed by atoms with E-state index in [-0.39, 0.29) is 0 Å². The van der Waals surface area contributed by atoms with Crippen LogP contribution in [0.4, 0.5) is 0 Å². The van der Waals surface area contributed by atoms with Crippen LogP contribution >= 0.6 is 43.5 Å². The van der Waals surface area contributed by atoms with Gasteiger partial charge in [0.05, 0.1) is 12.7 Å². The zero-order valence-corrected chi connectivity index (χ0v) is 15.0. The number of hydrogen-bond donors (Lipinski definition) is 1. The van der Waals surface area contributed by atoms with Gasteiger partial charge in [0.25, 0.3) is 0 Å². The van der Waals surface area contributed by atoms with Gasteiger partial charge in [-0.05, 0) is 47.0 Å². The lowest BCUT2D eigenvalue weighted by Crippen LogP contribution is -2.03. The van der Waals surface area contributed by atoms with Gasteiger partial charge in [-0.25, -0.2) is 0 Å². The smallest absolute Gasteiger partial charge is 0.125 e. The van der Waals surface area contributed by atoms with Crippen LogP contribution in [-0.2, 0) is 12.8 Å². The summed E-state index contributed by atoms with van der Waals surface area (Å²) >= 11 is 13.0. The Bertz CT molecular complexity index is 668. The van der Waals surface area contributed by atoms with Crippen molar-refractivity contribution < 1.29 is 9.84 Å². The molecular formula is C16H13Br2ClO2. The van der Waals surface area contributed by atoms with Gasteiger partial charge in [-0.2, -0.15) is 0 Å². The molecule has 1 N–H and O–H groups in total. The van der Waals surface area contributed by atoms with Gasteiger partial charge in [-0.15, -0.1) is 0 Å². The summed E-state index contributed by atoms with van der Waals surface area (Å²) in [7, 11) is 0. The second-order valence-electron chi connectivity index (χ2n) is 5.07. The molecule has 1 aliphatic rings. The monoisotopic (exact) mass is 430 g/mol. The van der Waals surface area contributed by atoms with Crippen LogP contribution in [0.15, 0.2) is 39.3 Å². The van der Waals surface area contributed by atoms with Crippen molar-refractivity contribution in [3.63, 3.8) is 0 Å². The SMILES string of the molecule is OC(Cc1cc(Br)cc2c1OCC2)c1cc(Cl)cc(Br)c1. The van der Waals surface area contributed by atoms with Crippen LogP contribution in [0.2, 0.25) is 5.02 Å². The first kappa shape index (κ1) is 15.3. The van der Waals surface area contributed by atoms with Crippen molar-refractivity contribution in [1.29, 1.82) is 0 Å². The van der Waals surface area contributed by atoms with Gasteiger partial charge < -0.3 is 9.84 Å². The molecule has 21 heavy (non-hydrogen) atoms. The Morgan fingerprint density at radius 1 is 1.14 bits per heavy atom. The van der Waals surface area contributed by atoms with Crippen molar-refractivity contribution in [2.24, 2.45) is 0 Å². The van der Waals surface area contributed by atoms with Gasteiger partial charge in [0, 0.05) is 26.8 Å². The Hall–Kier alpha value is -0.550. The van der Waals surface area contributed by atoms with Crippen LogP contribution in [-0.4, -0.2) is 11.7 Å². The van der Waals surface area contributed by atoms with Crippen LogP contribution < -0.4 is 4.74 Å². The average molecular weight is 433 g/mol. The Labute approximate surface area is 145 Å². The lowest BCUT2D eigenvalue weighted by atomic mass is 9.99. The topological polar surface area (TPSA) is 29.5 Å². The van der Waals surface area contributed by atoms with Gasteiger partial charge in [-0.1, -0.05) is 43.5 Å². The fraction of sp³-hybridized carbons (Fsp3) is 0.250. The maximum absolute atomic E-state index is 10.5. The van der Waals surface area contributed by atoms with Crippen LogP contribution in [0.3, 0.4) is 0 Å². The van der Waals surface area contributed by atoms with Gasteiger partial charge >= 0.3 is 0 Å². The van der Waals surface area contributed by atoms with Crippen molar-refractivity contribution in [1.82, 2.24) is 0 Å². The maximum atomic E-state index is 10.5. The van der Waals surface area contributed by atoms with E-state index >= 15 is 0 Å². The van der Waals surface area contributed by atoms with E-state index in [9.17, 15) is 5.11 Å². The molecule has 0 radical (unpaired) electrons. The summed E-state index contributed by atoms with van der Waals surface area (Å²) in [4.78, 5) is 0. The Kier molecular flexibility index (Phi) is 4.60. The zero-order chi connectivity index (χ0) is 15.0. The van der Waals surface area contributed by atoms with Crippen molar-refractivity contribution in [2.75, 3.05) is 6.61 Å². The number of aliphatic hydroxyl groups is 1. The molecule has 110 valence electrons. The van der Waals surface area contributed by atoms with Crippen LogP contribution in [0.1, 0.15) is 22.8 Å². The highest BCUT2D eigenvalue weighted by Crippen LogP contribution is 2.36. The molecule has 1 unspecified atom stereocenters. The molecular weight excluding hydrogens is 419 g/mol. The molecule has 0 aromatic heterocycles. The standard InChI is InChI=1S/C16H13Br2ClO2/c17-12-3-9-1-2-21-16(9)11(5-12)7-15(20)10-4-13(18)8-14(19)6-10/h3-6,8,15,20H,1-2,7H2. The first-order valence-electron chi connectivity index (χ1n) is 6.61. The second-order valence-corrected chi connectivity index (χ2v) is 7.34. The lowest BCUT2D eigenvalue weighted by molar-refractivity contribution is 0.177. The summed E-state index contributed by atoms with van der Waals surface area (Å²) in [6.07, 6.45) is 0.789. The summed E-state index contributed by atoms with van der Waals surface area (Å²) in [5.41, 5.74) is 3.00. The number of ether oxygens (including phenoxy) is 1. The first-order valence-corrected chi connectivity index (χ1v) is 8.57. The molecule has 0 spiro atoms. The summed E-state index contributed by atoms with van der Waals surface area (Å²) in [6.45, 7) is 0.706. The van der Waals surface area contributed by atoms with E-state index in [1.807, 2.05) is 12.1 Å². The summed E-state index contributed by atoms with van der Waals surface area (Å²) < 4.78 is 7.58. The van der Waals surface area contributed by atoms with Crippen molar-refractivity contribution in [3.8, 4) is 5.75 Å². The molecule has 2 nitrogen and oxygen atoms in total. The molecule has 1 atom stereocenters. The summed E-state index contributed by atoms with van der Waals surface area (Å²) in [6, 6.07) is 9.56. The van der Waals surface area contributed by atoms with Crippen LogP contribution in [0, 0.1) is 0 Å². The van der Waals surface area contributed by atoms with E-state index in [0.717, 1.165) is 32.2 Å². The number of hydrogen-bond acceptors (Lipinski definition) is 2. The van der Waals surface area contributed by atoms with Gasteiger partial charge in [0.2, 0.25) is 0 Å². The molecule has 0 fully saturated rings. The minimum Gasteiger partial charge on any atom is -0.493 e. The second kappa shape index (κ2) is 6.29. The third-order valence-corrected chi connectivity index (χ3v) is 4.64. The van der Waals surface area contributed by atoms with Gasteiger partial charge in [-0.3, -0.25) is 0 Å². The zero-order valence-electron chi connectivity index (χ0n) is 11.1. The fourth-order valence-corrected chi connectivity index (χ4v) is 4.03. The van der Waals surface area contributed by atoms with E-state index < -0.39 is 6.10 Å². The van der Waals surface area contributed by atoms with Crippen molar-refractivity contribution >= 4 is 43.5 Å². The van der Waals surface area contributed by atoms with Crippen LogP contribution in [0.5, 0.6) is 5.75 Å². The highest BCUT2D eigenvalue weighted by molar-refractivity contribution is 9.10. The first-order chi connectivity index (χ1) is 10.0. The normalized spacial score (nSPS) is 14.7. The molecule has 0 bridgehead atoms. The Balaban J connectivity index is 1.90. The molecule has 1 aliphatic heterocycles. The van der Waals surface area contributed by atoms with Gasteiger partial charge in [0.1, 0.15) is 5.75 Å². The Morgan fingerprint density at radius 2 is 1.90 bits per heavy atom. The number of benzene rings is 2. The minimum atomic E-state index is -0.623. The summed E-state index contributed by atoms with van der Waals surface area (Å²) in [5.74, 6) is 0.915. The number of halogens is 3. The van der Waals surface area contributed by atoms with E-state index in [1.165, 1.54) is 5.56 Å². The molecule has 0 amide bonds. The van der Waals surface area contributed by atoms with Crippen LogP contribution in [0.25, 0.3) is 0 Å². The molecule has 1 heterocycles. The number of rotatable bonds is 3. The minimum absolute atomic E-state index is 0.495. The molecule has 2 aromatic rings. The van der Waals surface area contributed by atoms with Crippen molar-refractivity contribution in [3.05, 3.63) is 61.0 Å². The fourth-order valence-electron chi connectivity index (χ4n) is 2.59. The predicted octanol–water partition coefficient (Wildman–Crippen LogP) is 5.08. The average Bonchev–Trinajstić information content (AvgIpc) is 2.85. The highest BCUT2D eigenvalue weighted by Gasteiger charge is 2.20. The largest absolute Gasteiger partial charge is 0.493 e. The van der Waals surface area contributed by atoms with E-state index in [4.69, 9.17) is 16.3 Å². The number of fused-ring (bicyclic) bond motifs is 1. The number of aliphatic hydroxyl groups excluding tert-OH is 1. The molecule has 3 rings (SSSR count). The summed E-state index contributed by atoms with van der Waals surface area (Å²) in [5, 5.41) is 11.1. The molecule has 5 heteroatoms. The molecule has 0 saturated carbocycles.